The fraction of sp³-hybridized carbons (Fsp3) is 0.300. The first-order valence-corrected chi connectivity index (χ1v) is 8.32. The third-order valence-corrected chi connectivity index (χ3v) is 3.69. The normalized spacial score (nSPS) is 12.0. The average Bonchev–Trinajstić information content (AvgIpc) is 2.64. The highest BCUT2D eigenvalue weighted by molar-refractivity contribution is 5.95. The molecular weight excluding hydrogens is 353 g/mol. The van der Waals surface area contributed by atoms with Crippen LogP contribution in [-0.2, 0) is 14.3 Å². The van der Waals surface area contributed by atoms with E-state index in [0.717, 1.165) is 0 Å². The largest absolute Gasteiger partial charge is 0.497 e. The van der Waals surface area contributed by atoms with E-state index in [-0.39, 0.29) is 0 Å². The van der Waals surface area contributed by atoms with Crippen LogP contribution < -0.4 is 14.8 Å². The van der Waals surface area contributed by atoms with Gasteiger partial charge in [0.05, 0.1) is 7.11 Å². The third kappa shape index (κ3) is 5.70. The Morgan fingerprint density at radius 2 is 1.56 bits per heavy atom. The first-order valence-electron chi connectivity index (χ1n) is 8.32. The van der Waals surface area contributed by atoms with Crippen LogP contribution in [0.25, 0.3) is 0 Å². The molecule has 27 heavy (non-hydrogen) atoms. The lowest BCUT2D eigenvalue weighted by atomic mass is 10.1. The Morgan fingerprint density at radius 3 is 2.11 bits per heavy atom. The third-order valence-electron chi connectivity index (χ3n) is 3.69. The second-order valence-corrected chi connectivity index (χ2v) is 6.33. The number of rotatable bonds is 7. The van der Waals surface area contributed by atoms with E-state index in [0.29, 0.717) is 17.2 Å². The highest BCUT2D eigenvalue weighted by atomic mass is 19.1. The smallest absolute Gasteiger partial charge is 0.350 e. The zero-order valence-electron chi connectivity index (χ0n) is 15.6. The molecule has 0 saturated carbocycles. The number of anilines is 1. The Labute approximate surface area is 157 Å². The number of carbonyl (C=O) groups excluding carboxylic acids is 2. The van der Waals surface area contributed by atoms with Gasteiger partial charge in [-0.3, -0.25) is 4.79 Å². The average molecular weight is 375 g/mol. The van der Waals surface area contributed by atoms with Gasteiger partial charge in [0.15, 0.2) is 11.7 Å². The number of carbonyl (C=O) groups is 2. The van der Waals surface area contributed by atoms with Gasteiger partial charge in [-0.25, -0.2) is 9.18 Å². The van der Waals surface area contributed by atoms with Gasteiger partial charge in [0.2, 0.25) is 0 Å². The maximum atomic E-state index is 13.0. The van der Waals surface area contributed by atoms with Crippen LogP contribution in [0.5, 0.6) is 11.5 Å². The fourth-order valence-corrected chi connectivity index (χ4v) is 2.11. The molecule has 0 unspecified atom stereocenters. The number of hydrogen-bond donors (Lipinski definition) is 1. The molecule has 0 aromatic heterocycles. The number of methoxy groups -OCH3 is 1. The lowest BCUT2D eigenvalue weighted by Crippen LogP contribution is -2.43. The minimum absolute atomic E-state index is 0.314. The molecule has 0 fully saturated rings. The van der Waals surface area contributed by atoms with Gasteiger partial charge in [-0.2, -0.15) is 0 Å². The van der Waals surface area contributed by atoms with Gasteiger partial charge >= 0.3 is 5.97 Å². The summed E-state index contributed by atoms with van der Waals surface area (Å²) in [6.45, 7) is 4.48. The van der Waals surface area contributed by atoms with Gasteiger partial charge in [0.25, 0.3) is 5.91 Å². The summed E-state index contributed by atoms with van der Waals surface area (Å²) >= 11 is 0. The summed E-state index contributed by atoms with van der Waals surface area (Å²) in [7, 11) is 1.55. The molecule has 2 aromatic rings. The Hall–Kier alpha value is -3.09. The first kappa shape index (κ1) is 20.2. The van der Waals surface area contributed by atoms with Crippen molar-refractivity contribution in [3.8, 4) is 11.5 Å². The molecule has 7 heteroatoms. The lowest BCUT2D eigenvalue weighted by Gasteiger charge is -2.26. The van der Waals surface area contributed by atoms with Crippen LogP contribution in [0.1, 0.15) is 20.8 Å². The van der Waals surface area contributed by atoms with E-state index in [1.165, 1.54) is 45.0 Å². The SMILES string of the molecule is COc1ccc(NC(=O)[C@H](C)OC(=O)C(C)(C)Oc2ccc(F)cc2)cc1. The predicted molar refractivity (Wildman–Crippen MR) is 98.3 cm³/mol. The van der Waals surface area contributed by atoms with Crippen molar-refractivity contribution < 1.29 is 28.2 Å². The molecular formula is C20H22FNO5. The number of hydrogen-bond acceptors (Lipinski definition) is 5. The van der Waals surface area contributed by atoms with Crippen molar-refractivity contribution in [2.45, 2.75) is 32.5 Å². The highest BCUT2D eigenvalue weighted by Gasteiger charge is 2.34. The molecule has 2 rings (SSSR count). The summed E-state index contributed by atoms with van der Waals surface area (Å²) in [4.78, 5) is 24.6. The van der Waals surface area contributed by atoms with Gasteiger partial charge in [0, 0.05) is 5.69 Å². The number of benzene rings is 2. The molecule has 1 N–H and O–H groups in total. The number of amides is 1. The molecule has 0 radical (unpaired) electrons. The maximum absolute atomic E-state index is 13.0. The second-order valence-electron chi connectivity index (χ2n) is 6.33. The van der Waals surface area contributed by atoms with Crippen LogP contribution in [-0.4, -0.2) is 30.7 Å². The summed E-state index contributed by atoms with van der Waals surface area (Å²) in [6.07, 6.45) is -1.03. The maximum Gasteiger partial charge on any atom is 0.350 e. The molecule has 0 aliphatic carbocycles. The Bertz CT molecular complexity index is 787. The van der Waals surface area contributed by atoms with E-state index in [2.05, 4.69) is 5.32 Å². The van der Waals surface area contributed by atoms with E-state index in [1.807, 2.05) is 0 Å². The number of ether oxygens (including phenoxy) is 3. The van der Waals surface area contributed by atoms with Crippen molar-refractivity contribution in [1.29, 1.82) is 0 Å². The van der Waals surface area contributed by atoms with Crippen molar-refractivity contribution in [2.24, 2.45) is 0 Å². The first-order chi connectivity index (χ1) is 12.7. The quantitative estimate of drug-likeness (QED) is 0.749. The molecule has 0 spiro atoms. The van der Waals surface area contributed by atoms with Crippen molar-refractivity contribution >= 4 is 17.6 Å². The van der Waals surface area contributed by atoms with Crippen LogP contribution in [0.2, 0.25) is 0 Å². The zero-order chi connectivity index (χ0) is 20.0. The standard InChI is InChI=1S/C20H22FNO5/c1-13(18(23)22-15-7-11-16(25-4)12-8-15)26-19(24)20(2,3)27-17-9-5-14(21)6-10-17/h5-13H,1-4H3,(H,22,23)/t13-/m0/s1. The monoisotopic (exact) mass is 375 g/mol. The second kappa shape index (κ2) is 8.53. The van der Waals surface area contributed by atoms with Crippen LogP contribution in [0.4, 0.5) is 10.1 Å². The van der Waals surface area contributed by atoms with E-state index in [4.69, 9.17) is 14.2 Å². The molecule has 0 aliphatic rings. The van der Waals surface area contributed by atoms with Gasteiger partial charge in [-0.15, -0.1) is 0 Å². The van der Waals surface area contributed by atoms with Crippen molar-refractivity contribution in [2.75, 3.05) is 12.4 Å². The zero-order valence-corrected chi connectivity index (χ0v) is 15.6. The number of nitrogens with one attached hydrogen (secondary N) is 1. The molecule has 0 heterocycles. The molecule has 144 valence electrons. The van der Waals surface area contributed by atoms with E-state index in [1.54, 1.807) is 31.4 Å². The molecule has 0 saturated heterocycles. The van der Waals surface area contributed by atoms with Crippen LogP contribution >= 0.6 is 0 Å². The summed E-state index contributed by atoms with van der Waals surface area (Å²) in [6, 6.07) is 12.0. The minimum atomic E-state index is -1.35. The van der Waals surface area contributed by atoms with Crippen LogP contribution in [0.3, 0.4) is 0 Å². The number of esters is 1. The minimum Gasteiger partial charge on any atom is -0.497 e. The predicted octanol–water partition coefficient (Wildman–Crippen LogP) is 3.56. The lowest BCUT2D eigenvalue weighted by molar-refractivity contribution is -0.166. The fourth-order valence-electron chi connectivity index (χ4n) is 2.11. The molecule has 1 amide bonds. The van der Waals surface area contributed by atoms with Crippen LogP contribution in [0, 0.1) is 5.82 Å². The Morgan fingerprint density at radius 1 is 1.00 bits per heavy atom. The number of halogens is 1. The molecule has 0 bridgehead atoms. The summed E-state index contributed by atoms with van der Waals surface area (Å²) in [5.41, 5.74) is -0.808. The molecule has 2 aromatic carbocycles. The summed E-state index contributed by atoms with van der Waals surface area (Å²) < 4.78 is 28.8. The molecule has 0 aliphatic heterocycles. The van der Waals surface area contributed by atoms with E-state index >= 15 is 0 Å². The summed E-state index contributed by atoms with van der Waals surface area (Å²) in [5, 5.41) is 2.65. The summed E-state index contributed by atoms with van der Waals surface area (Å²) in [5.74, 6) is -0.636. The Kier molecular flexibility index (Phi) is 6.39. The highest BCUT2D eigenvalue weighted by Crippen LogP contribution is 2.21. The van der Waals surface area contributed by atoms with Crippen molar-refractivity contribution in [1.82, 2.24) is 0 Å². The Balaban J connectivity index is 1.93. The topological polar surface area (TPSA) is 73.9 Å². The van der Waals surface area contributed by atoms with Gasteiger partial charge in [-0.05, 0) is 69.3 Å². The van der Waals surface area contributed by atoms with E-state index in [9.17, 15) is 14.0 Å². The molecule has 6 nitrogen and oxygen atoms in total. The van der Waals surface area contributed by atoms with Gasteiger partial charge < -0.3 is 19.5 Å². The molecule has 1 atom stereocenters. The van der Waals surface area contributed by atoms with Gasteiger partial charge in [-0.1, -0.05) is 0 Å². The van der Waals surface area contributed by atoms with Crippen molar-refractivity contribution in [3.63, 3.8) is 0 Å². The van der Waals surface area contributed by atoms with Crippen LogP contribution in [0.15, 0.2) is 48.5 Å². The van der Waals surface area contributed by atoms with E-state index < -0.39 is 29.4 Å². The van der Waals surface area contributed by atoms with Crippen molar-refractivity contribution in [3.05, 3.63) is 54.3 Å². The van der Waals surface area contributed by atoms with Gasteiger partial charge in [0.1, 0.15) is 17.3 Å².